The molecule has 2 aromatic rings. The highest BCUT2D eigenvalue weighted by atomic mass is 16.5. The molecule has 106 valence electrons. The number of nitrogens with zero attached hydrogens (tertiary/aromatic N) is 1. The number of ether oxygens (including phenoxy) is 1. The lowest BCUT2D eigenvalue weighted by atomic mass is 9.99. The average Bonchev–Trinajstić information content (AvgIpc) is 2.49. The molecule has 4 nitrogen and oxygen atoms in total. The van der Waals surface area contributed by atoms with E-state index in [9.17, 15) is 0 Å². The van der Waals surface area contributed by atoms with Crippen LogP contribution < -0.4 is 15.8 Å². The molecule has 0 spiro atoms. The van der Waals surface area contributed by atoms with E-state index in [4.69, 9.17) is 10.5 Å². The number of benzene rings is 1. The van der Waals surface area contributed by atoms with Gasteiger partial charge in [-0.2, -0.15) is 0 Å². The van der Waals surface area contributed by atoms with E-state index in [1.807, 2.05) is 31.3 Å². The first-order valence-corrected chi connectivity index (χ1v) is 6.72. The summed E-state index contributed by atoms with van der Waals surface area (Å²) in [5, 5.41) is 3.34. The molecule has 20 heavy (non-hydrogen) atoms. The number of nitrogen functional groups attached to an aromatic ring is 1. The molecule has 1 atom stereocenters. The molecule has 0 bridgehead atoms. The number of hydrogen-bond donors (Lipinski definition) is 2. The van der Waals surface area contributed by atoms with Gasteiger partial charge in [-0.1, -0.05) is 18.2 Å². The zero-order valence-corrected chi connectivity index (χ0v) is 12.0. The largest absolute Gasteiger partial charge is 0.497 e. The second-order valence-corrected chi connectivity index (χ2v) is 4.79. The molecular formula is C16H21N3O. The minimum absolute atomic E-state index is 0.314. The molecule has 0 aliphatic carbocycles. The fourth-order valence-electron chi connectivity index (χ4n) is 2.25. The summed E-state index contributed by atoms with van der Waals surface area (Å²) in [6.45, 7) is 0. The van der Waals surface area contributed by atoms with Gasteiger partial charge in [-0.05, 0) is 49.2 Å². The fourth-order valence-corrected chi connectivity index (χ4v) is 2.25. The molecule has 0 saturated heterocycles. The maximum atomic E-state index is 5.90. The Labute approximate surface area is 120 Å². The van der Waals surface area contributed by atoms with E-state index in [1.54, 1.807) is 13.3 Å². The smallest absolute Gasteiger partial charge is 0.126 e. The predicted octanol–water partition coefficient (Wildman–Crippen LogP) is 2.05. The van der Waals surface area contributed by atoms with Crippen LogP contribution in [0.1, 0.15) is 11.1 Å². The van der Waals surface area contributed by atoms with Crippen LogP contribution in [-0.2, 0) is 12.8 Å². The van der Waals surface area contributed by atoms with Crippen LogP contribution in [0.2, 0.25) is 0 Å². The van der Waals surface area contributed by atoms with Gasteiger partial charge < -0.3 is 15.8 Å². The molecule has 4 heteroatoms. The number of aromatic nitrogens is 1. The lowest BCUT2D eigenvalue weighted by Gasteiger charge is -2.17. The standard InChI is InChI=1S/C16H21N3O/c1-18-14(11-13-6-4-8-19-16(13)17)9-12-5-3-7-15(10-12)20-2/h3-8,10,14,18H,9,11H2,1-2H3,(H2,17,19). The van der Waals surface area contributed by atoms with E-state index in [0.29, 0.717) is 11.9 Å². The van der Waals surface area contributed by atoms with E-state index in [-0.39, 0.29) is 0 Å². The first-order valence-electron chi connectivity index (χ1n) is 6.72. The summed E-state index contributed by atoms with van der Waals surface area (Å²) < 4.78 is 5.26. The normalized spacial score (nSPS) is 12.1. The Morgan fingerprint density at radius 1 is 1.25 bits per heavy atom. The van der Waals surface area contributed by atoms with Crippen molar-refractivity contribution in [3.05, 3.63) is 53.7 Å². The van der Waals surface area contributed by atoms with Crippen LogP contribution in [0.25, 0.3) is 0 Å². The average molecular weight is 271 g/mol. The van der Waals surface area contributed by atoms with Gasteiger partial charge in [0.15, 0.2) is 0 Å². The zero-order valence-electron chi connectivity index (χ0n) is 12.0. The number of anilines is 1. The minimum Gasteiger partial charge on any atom is -0.497 e. The van der Waals surface area contributed by atoms with Gasteiger partial charge in [-0.25, -0.2) is 4.98 Å². The minimum atomic E-state index is 0.314. The zero-order chi connectivity index (χ0) is 14.4. The van der Waals surface area contributed by atoms with Crippen molar-refractivity contribution < 1.29 is 4.74 Å². The summed E-state index contributed by atoms with van der Waals surface area (Å²) in [5.74, 6) is 1.50. The predicted molar refractivity (Wildman–Crippen MR) is 81.9 cm³/mol. The molecule has 1 aromatic heterocycles. The topological polar surface area (TPSA) is 60.2 Å². The Kier molecular flexibility index (Phi) is 4.96. The summed E-state index contributed by atoms with van der Waals surface area (Å²) in [6.07, 6.45) is 3.49. The van der Waals surface area contributed by atoms with Crippen molar-refractivity contribution >= 4 is 5.82 Å². The number of pyridine rings is 1. The fraction of sp³-hybridized carbons (Fsp3) is 0.312. The molecule has 1 heterocycles. The van der Waals surface area contributed by atoms with Crippen LogP contribution in [0.15, 0.2) is 42.6 Å². The number of likely N-dealkylation sites (N-methyl/N-ethyl adjacent to an activating group) is 1. The van der Waals surface area contributed by atoms with Crippen LogP contribution in [0, 0.1) is 0 Å². The Hall–Kier alpha value is -2.07. The monoisotopic (exact) mass is 271 g/mol. The second-order valence-electron chi connectivity index (χ2n) is 4.79. The maximum absolute atomic E-state index is 5.90. The highest BCUT2D eigenvalue weighted by Gasteiger charge is 2.11. The van der Waals surface area contributed by atoms with Gasteiger partial charge >= 0.3 is 0 Å². The molecule has 0 fully saturated rings. The number of nitrogens with one attached hydrogen (secondary N) is 1. The molecule has 0 aliphatic heterocycles. The van der Waals surface area contributed by atoms with Gasteiger partial charge in [0, 0.05) is 12.2 Å². The van der Waals surface area contributed by atoms with Gasteiger partial charge in [0.05, 0.1) is 7.11 Å². The molecule has 1 aromatic carbocycles. The lowest BCUT2D eigenvalue weighted by Crippen LogP contribution is -2.30. The Bertz CT molecular complexity index is 557. The van der Waals surface area contributed by atoms with Crippen LogP contribution in [-0.4, -0.2) is 25.2 Å². The van der Waals surface area contributed by atoms with Gasteiger partial charge in [0.25, 0.3) is 0 Å². The second kappa shape index (κ2) is 6.91. The first kappa shape index (κ1) is 14.3. The molecule has 2 rings (SSSR count). The van der Waals surface area contributed by atoms with Crippen LogP contribution in [0.4, 0.5) is 5.82 Å². The molecule has 3 N–H and O–H groups in total. The third kappa shape index (κ3) is 3.71. The molecule has 1 unspecified atom stereocenters. The quantitative estimate of drug-likeness (QED) is 0.844. The van der Waals surface area contributed by atoms with Gasteiger partial charge in [-0.15, -0.1) is 0 Å². The highest BCUT2D eigenvalue weighted by Crippen LogP contribution is 2.16. The first-order chi connectivity index (χ1) is 9.72. The third-order valence-corrected chi connectivity index (χ3v) is 3.42. The summed E-state index contributed by atoms with van der Waals surface area (Å²) in [5.41, 5.74) is 8.22. The summed E-state index contributed by atoms with van der Waals surface area (Å²) in [6, 6.07) is 12.4. The van der Waals surface area contributed by atoms with Crippen molar-refractivity contribution in [1.29, 1.82) is 0 Å². The Morgan fingerprint density at radius 2 is 2.10 bits per heavy atom. The van der Waals surface area contributed by atoms with Crippen molar-refractivity contribution in [2.24, 2.45) is 0 Å². The maximum Gasteiger partial charge on any atom is 0.126 e. The molecular weight excluding hydrogens is 250 g/mol. The Balaban J connectivity index is 2.07. The highest BCUT2D eigenvalue weighted by molar-refractivity contribution is 5.39. The van der Waals surface area contributed by atoms with Gasteiger partial charge in [0.2, 0.25) is 0 Å². The van der Waals surface area contributed by atoms with E-state index in [2.05, 4.69) is 22.4 Å². The van der Waals surface area contributed by atoms with E-state index >= 15 is 0 Å². The van der Waals surface area contributed by atoms with Gasteiger partial charge in [0.1, 0.15) is 11.6 Å². The number of methoxy groups -OCH3 is 1. The van der Waals surface area contributed by atoms with Crippen molar-refractivity contribution in [3.8, 4) is 5.75 Å². The summed E-state index contributed by atoms with van der Waals surface area (Å²) in [4.78, 5) is 4.13. The molecule has 0 amide bonds. The number of hydrogen-bond acceptors (Lipinski definition) is 4. The SMILES string of the molecule is CNC(Cc1cccc(OC)c1)Cc1cccnc1N. The molecule has 0 saturated carbocycles. The molecule has 0 radical (unpaired) electrons. The van der Waals surface area contributed by atoms with Crippen molar-refractivity contribution in [3.63, 3.8) is 0 Å². The van der Waals surface area contributed by atoms with Crippen molar-refractivity contribution in [1.82, 2.24) is 10.3 Å². The van der Waals surface area contributed by atoms with Crippen LogP contribution >= 0.6 is 0 Å². The summed E-state index contributed by atoms with van der Waals surface area (Å²) in [7, 11) is 3.66. The van der Waals surface area contributed by atoms with Crippen LogP contribution in [0.5, 0.6) is 5.75 Å². The number of nitrogens with two attached hydrogens (primary N) is 1. The number of rotatable bonds is 6. The van der Waals surface area contributed by atoms with Crippen molar-refractivity contribution in [2.45, 2.75) is 18.9 Å². The van der Waals surface area contributed by atoms with Crippen LogP contribution in [0.3, 0.4) is 0 Å². The van der Waals surface area contributed by atoms with E-state index < -0.39 is 0 Å². The molecule has 0 aliphatic rings. The van der Waals surface area contributed by atoms with Crippen molar-refractivity contribution in [2.75, 3.05) is 19.9 Å². The summed E-state index contributed by atoms with van der Waals surface area (Å²) >= 11 is 0. The Morgan fingerprint density at radius 3 is 2.80 bits per heavy atom. The van der Waals surface area contributed by atoms with Gasteiger partial charge in [-0.3, -0.25) is 0 Å². The third-order valence-electron chi connectivity index (χ3n) is 3.42. The lowest BCUT2D eigenvalue weighted by molar-refractivity contribution is 0.414. The van der Waals surface area contributed by atoms with E-state index in [0.717, 1.165) is 24.2 Å². The van der Waals surface area contributed by atoms with E-state index in [1.165, 1.54) is 5.56 Å².